The van der Waals surface area contributed by atoms with Crippen LogP contribution in [0.1, 0.15) is 23.2 Å². The number of carbonyl (C=O) groups is 1. The average Bonchev–Trinajstić information content (AvgIpc) is 2.93. The lowest BCUT2D eigenvalue weighted by molar-refractivity contribution is 0.0584. The van der Waals surface area contributed by atoms with E-state index in [1.54, 1.807) is 32.4 Å². The summed E-state index contributed by atoms with van der Waals surface area (Å²) in [6, 6.07) is 3.48. The molecule has 7 nitrogen and oxygen atoms in total. The predicted octanol–water partition coefficient (Wildman–Crippen LogP) is 1.15. The first kappa shape index (κ1) is 18.6. The average molecular weight is 385 g/mol. The van der Waals surface area contributed by atoms with E-state index in [9.17, 15) is 13.2 Å². The third-order valence-electron chi connectivity index (χ3n) is 4.92. The SMILES string of the molecule is CSc1ncccc1C(=O)N1C[C@@H]2CC[C@H]1CN(S(=O)(=O)N(C)C)C2. The Kier molecular flexibility index (Phi) is 5.38. The number of piperidine rings is 1. The van der Waals surface area contributed by atoms with Crippen LogP contribution in [0.5, 0.6) is 0 Å². The monoisotopic (exact) mass is 384 g/mol. The molecule has 1 aromatic rings. The zero-order valence-electron chi connectivity index (χ0n) is 14.8. The van der Waals surface area contributed by atoms with Crippen LogP contribution >= 0.6 is 11.8 Å². The van der Waals surface area contributed by atoms with Crippen LogP contribution in [0.3, 0.4) is 0 Å². The van der Waals surface area contributed by atoms with Crippen LogP contribution in [-0.2, 0) is 10.2 Å². The Morgan fingerprint density at radius 1 is 1.28 bits per heavy atom. The lowest BCUT2D eigenvalue weighted by atomic mass is 9.94. The lowest BCUT2D eigenvalue weighted by Gasteiger charge is -2.36. The maximum Gasteiger partial charge on any atom is 0.281 e. The van der Waals surface area contributed by atoms with Gasteiger partial charge in [0.15, 0.2) is 0 Å². The van der Waals surface area contributed by atoms with E-state index in [4.69, 9.17) is 0 Å². The second kappa shape index (κ2) is 7.22. The molecule has 138 valence electrons. The van der Waals surface area contributed by atoms with Crippen molar-refractivity contribution >= 4 is 27.9 Å². The highest BCUT2D eigenvalue weighted by Gasteiger charge is 2.41. The minimum atomic E-state index is -3.46. The minimum absolute atomic E-state index is 0.0451. The number of thioether (sulfide) groups is 1. The van der Waals surface area contributed by atoms with Gasteiger partial charge in [0.25, 0.3) is 16.1 Å². The second-order valence-electron chi connectivity index (χ2n) is 6.72. The number of fused-ring (bicyclic) bond motifs is 4. The summed E-state index contributed by atoms with van der Waals surface area (Å²) >= 11 is 1.45. The van der Waals surface area contributed by atoms with E-state index in [1.165, 1.54) is 20.4 Å². The fourth-order valence-corrected chi connectivity index (χ4v) is 5.34. The summed E-state index contributed by atoms with van der Waals surface area (Å²) in [5.41, 5.74) is 0.601. The van der Waals surface area contributed by atoms with Gasteiger partial charge < -0.3 is 4.90 Å². The molecule has 0 spiro atoms. The van der Waals surface area contributed by atoms with Gasteiger partial charge in [-0.05, 0) is 37.1 Å². The smallest absolute Gasteiger partial charge is 0.281 e. The first-order valence-electron chi connectivity index (χ1n) is 8.32. The van der Waals surface area contributed by atoms with E-state index in [-0.39, 0.29) is 17.9 Å². The zero-order valence-corrected chi connectivity index (χ0v) is 16.4. The lowest BCUT2D eigenvalue weighted by Crippen LogP contribution is -2.48. The predicted molar refractivity (Wildman–Crippen MR) is 97.7 cm³/mol. The molecule has 3 aliphatic heterocycles. The van der Waals surface area contributed by atoms with E-state index in [0.717, 1.165) is 12.8 Å². The van der Waals surface area contributed by atoms with Gasteiger partial charge in [-0.15, -0.1) is 11.8 Å². The Morgan fingerprint density at radius 2 is 2.04 bits per heavy atom. The quantitative estimate of drug-likeness (QED) is 0.728. The Hall–Kier alpha value is -1.16. The highest BCUT2D eigenvalue weighted by Crippen LogP contribution is 2.31. The molecule has 1 aromatic heterocycles. The maximum atomic E-state index is 13.1. The highest BCUT2D eigenvalue weighted by atomic mass is 32.2. The van der Waals surface area contributed by atoms with Crippen molar-refractivity contribution in [3.8, 4) is 0 Å². The highest BCUT2D eigenvalue weighted by molar-refractivity contribution is 7.98. The standard InChI is InChI=1S/C16H24N4O3S2/c1-18(2)25(22,23)19-9-12-6-7-13(11-19)20(10-12)16(21)14-5-4-8-17-15(14)24-3/h4-5,8,12-13H,6-7,9-11H2,1-3H3/t12-,13+/m1/s1. The summed E-state index contributed by atoms with van der Waals surface area (Å²) in [7, 11) is -0.369. The summed E-state index contributed by atoms with van der Waals surface area (Å²) in [5, 5.41) is 0.713. The normalized spacial score (nSPS) is 24.6. The fraction of sp³-hybridized carbons (Fsp3) is 0.625. The summed E-state index contributed by atoms with van der Waals surface area (Å²) in [6.07, 6.45) is 5.38. The molecule has 4 rings (SSSR count). The Labute approximate surface area is 153 Å². The van der Waals surface area contributed by atoms with Gasteiger partial charge >= 0.3 is 0 Å². The van der Waals surface area contributed by atoms with Gasteiger partial charge in [0, 0.05) is 46.0 Å². The molecule has 2 bridgehead atoms. The van der Waals surface area contributed by atoms with Crippen LogP contribution in [0.15, 0.2) is 23.4 Å². The minimum Gasteiger partial charge on any atom is -0.334 e. The summed E-state index contributed by atoms with van der Waals surface area (Å²) in [5.74, 6) is 0.128. The fourth-order valence-electron chi connectivity index (χ4n) is 3.58. The Morgan fingerprint density at radius 3 is 2.72 bits per heavy atom. The van der Waals surface area contributed by atoms with Crippen LogP contribution in [0, 0.1) is 5.92 Å². The van der Waals surface area contributed by atoms with Crippen molar-refractivity contribution in [1.82, 2.24) is 18.5 Å². The van der Waals surface area contributed by atoms with Gasteiger partial charge in [-0.2, -0.15) is 17.0 Å². The van der Waals surface area contributed by atoms with E-state index >= 15 is 0 Å². The number of rotatable bonds is 4. The van der Waals surface area contributed by atoms with Crippen LogP contribution < -0.4 is 0 Å². The number of carbonyl (C=O) groups excluding carboxylic acids is 1. The molecular formula is C16H24N4O3S2. The van der Waals surface area contributed by atoms with Gasteiger partial charge in [0.05, 0.1) is 5.56 Å². The van der Waals surface area contributed by atoms with Crippen LogP contribution in [0.4, 0.5) is 0 Å². The number of pyridine rings is 1. The summed E-state index contributed by atoms with van der Waals surface area (Å²) in [6.45, 7) is 1.44. The van der Waals surface area contributed by atoms with E-state index in [0.29, 0.717) is 30.2 Å². The summed E-state index contributed by atoms with van der Waals surface area (Å²) < 4.78 is 27.9. The van der Waals surface area contributed by atoms with Crippen molar-refractivity contribution in [2.24, 2.45) is 5.92 Å². The van der Waals surface area contributed by atoms with Crippen LogP contribution in [0.2, 0.25) is 0 Å². The van der Waals surface area contributed by atoms with Gasteiger partial charge in [0.1, 0.15) is 5.03 Å². The van der Waals surface area contributed by atoms with Crippen molar-refractivity contribution in [2.45, 2.75) is 23.9 Å². The van der Waals surface area contributed by atoms with Gasteiger partial charge in [-0.1, -0.05) is 0 Å². The Balaban J connectivity index is 1.87. The van der Waals surface area contributed by atoms with Crippen LogP contribution in [0.25, 0.3) is 0 Å². The molecule has 3 aliphatic rings. The molecule has 3 fully saturated rings. The number of hydrogen-bond acceptors (Lipinski definition) is 5. The van der Waals surface area contributed by atoms with Crippen molar-refractivity contribution < 1.29 is 13.2 Å². The van der Waals surface area contributed by atoms with E-state index in [1.807, 2.05) is 11.2 Å². The topological polar surface area (TPSA) is 73.8 Å². The molecular weight excluding hydrogens is 360 g/mol. The molecule has 0 unspecified atom stereocenters. The van der Waals surface area contributed by atoms with Crippen molar-refractivity contribution in [2.75, 3.05) is 40.0 Å². The summed E-state index contributed by atoms with van der Waals surface area (Å²) in [4.78, 5) is 19.2. The molecule has 4 heterocycles. The molecule has 0 aromatic carbocycles. The molecule has 25 heavy (non-hydrogen) atoms. The zero-order chi connectivity index (χ0) is 18.2. The van der Waals surface area contributed by atoms with Gasteiger partial charge in [-0.3, -0.25) is 4.79 Å². The van der Waals surface area contributed by atoms with Gasteiger partial charge in [-0.25, -0.2) is 4.98 Å². The number of nitrogens with zero attached hydrogens (tertiary/aromatic N) is 4. The number of aromatic nitrogens is 1. The molecule has 0 N–H and O–H groups in total. The van der Waals surface area contributed by atoms with Crippen molar-refractivity contribution in [1.29, 1.82) is 0 Å². The molecule has 0 aliphatic carbocycles. The first-order chi connectivity index (χ1) is 11.8. The first-order valence-corrected chi connectivity index (χ1v) is 10.9. The van der Waals surface area contributed by atoms with Crippen molar-refractivity contribution in [3.05, 3.63) is 23.9 Å². The molecule has 3 saturated heterocycles. The molecule has 9 heteroatoms. The van der Waals surface area contributed by atoms with E-state index < -0.39 is 10.2 Å². The number of amides is 1. The third-order valence-corrected chi connectivity index (χ3v) is 7.51. The second-order valence-corrected chi connectivity index (χ2v) is 9.66. The van der Waals surface area contributed by atoms with Gasteiger partial charge in [0.2, 0.25) is 0 Å². The maximum absolute atomic E-state index is 13.1. The van der Waals surface area contributed by atoms with Crippen molar-refractivity contribution in [3.63, 3.8) is 0 Å². The molecule has 1 amide bonds. The molecule has 0 saturated carbocycles. The van der Waals surface area contributed by atoms with Crippen LogP contribution in [-0.4, -0.2) is 78.8 Å². The third kappa shape index (κ3) is 3.55. The largest absolute Gasteiger partial charge is 0.334 e. The molecule has 0 radical (unpaired) electrons. The molecule has 2 atom stereocenters. The Bertz CT molecular complexity index is 754. The van der Waals surface area contributed by atoms with E-state index in [2.05, 4.69) is 4.98 Å². The number of hydrogen-bond donors (Lipinski definition) is 0.